The number of carbonyl (C=O) groups excluding carboxylic acids is 4. The summed E-state index contributed by atoms with van der Waals surface area (Å²) >= 11 is 12.8. The first-order valence-corrected chi connectivity index (χ1v) is 19.6. The third-order valence-corrected chi connectivity index (χ3v) is 10.8. The zero-order chi connectivity index (χ0) is 37.3. The first kappa shape index (κ1) is 38.3. The second-order valence-electron chi connectivity index (χ2n) is 13.9. The number of nitrogens with one attached hydrogen (secondary N) is 1. The van der Waals surface area contributed by atoms with Crippen LogP contribution in [0.25, 0.3) is 11.1 Å². The molecule has 9 nitrogen and oxygen atoms in total. The van der Waals surface area contributed by atoms with E-state index in [9.17, 15) is 19.2 Å². The number of halogens is 2. The van der Waals surface area contributed by atoms with Crippen LogP contribution in [0.15, 0.2) is 72.9 Å². The number of hydrogen-bond acceptors (Lipinski definition) is 6. The first-order chi connectivity index (χ1) is 25.8. The lowest BCUT2D eigenvalue weighted by Gasteiger charge is -2.32. The fourth-order valence-electron chi connectivity index (χ4n) is 7.26. The zero-order valence-corrected chi connectivity index (χ0v) is 31.6. The molecular weight excluding hydrogens is 711 g/mol. The van der Waals surface area contributed by atoms with Crippen molar-refractivity contribution < 1.29 is 23.9 Å². The number of rotatable bonds is 15. The van der Waals surface area contributed by atoms with Crippen LogP contribution in [0.5, 0.6) is 0 Å². The quantitative estimate of drug-likeness (QED) is 0.0955. The summed E-state index contributed by atoms with van der Waals surface area (Å²) in [6.45, 7) is 2.94. The molecule has 278 valence electrons. The van der Waals surface area contributed by atoms with Gasteiger partial charge in [-0.3, -0.25) is 14.4 Å². The molecule has 0 spiro atoms. The smallest absolute Gasteiger partial charge is 0.410 e. The number of carbonyl (C=O) groups is 4. The first-order valence-electron chi connectivity index (χ1n) is 18.8. The van der Waals surface area contributed by atoms with Crippen molar-refractivity contribution in [2.75, 3.05) is 13.1 Å². The Kier molecular flexibility index (Phi) is 13.0. The van der Waals surface area contributed by atoms with Crippen molar-refractivity contribution in [2.45, 2.75) is 96.1 Å². The minimum atomic E-state index is -0.597. The second kappa shape index (κ2) is 18.0. The van der Waals surface area contributed by atoms with Crippen LogP contribution in [-0.4, -0.2) is 57.5 Å². The largest absolute Gasteiger partial charge is 0.436 e. The SMILES string of the molecule is CCCCCCCCCCCC(=O)n1cc(C(=O)c2c(Cl)cccc2Cl)c(C(=O)NC2CCN(C(=O)OC3c4ccccc4-c4ccccc43)CC2)n1. The zero-order valence-electron chi connectivity index (χ0n) is 30.1. The molecule has 0 radical (unpaired) electrons. The molecule has 0 unspecified atom stereocenters. The molecule has 1 aliphatic carbocycles. The number of nitrogens with zero attached hydrogens (tertiary/aromatic N) is 3. The van der Waals surface area contributed by atoms with Crippen LogP contribution in [0.1, 0.15) is 132 Å². The summed E-state index contributed by atoms with van der Waals surface area (Å²) in [6, 6.07) is 20.3. The topological polar surface area (TPSA) is 111 Å². The number of unbranched alkanes of at least 4 members (excludes halogenated alkanes) is 8. The molecule has 6 rings (SSSR count). The number of likely N-dealkylation sites (tertiary alicyclic amines) is 1. The van der Waals surface area contributed by atoms with Crippen LogP contribution in [0.4, 0.5) is 4.79 Å². The molecule has 2 amide bonds. The number of piperidine rings is 1. The third-order valence-electron chi connectivity index (χ3n) is 10.2. The van der Waals surface area contributed by atoms with Gasteiger partial charge in [-0.25, -0.2) is 9.48 Å². The molecule has 2 heterocycles. The lowest BCUT2D eigenvalue weighted by molar-refractivity contribution is 0.0681. The molecule has 0 saturated carbocycles. The van der Waals surface area contributed by atoms with Gasteiger partial charge in [0.05, 0.1) is 21.2 Å². The second-order valence-corrected chi connectivity index (χ2v) is 14.7. The Balaban J connectivity index is 1.08. The van der Waals surface area contributed by atoms with Gasteiger partial charge in [0.2, 0.25) is 5.91 Å². The van der Waals surface area contributed by atoms with Gasteiger partial charge in [0.25, 0.3) is 5.91 Å². The molecule has 1 saturated heterocycles. The molecule has 53 heavy (non-hydrogen) atoms. The standard InChI is InChI=1S/C42H46Cl2N4O5/c1-2-3-4-5-6-7-8-9-10-22-36(49)48-27-33(39(50)37-34(43)20-15-21-35(37)44)38(46-48)41(51)45-28-23-25-47(26-24-28)42(52)53-40-31-18-13-11-16-29(31)30-17-12-14-19-32(30)40/h11-21,27-28,40H,2-10,22-26H2,1H3,(H,45,51). The van der Waals surface area contributed by atoms with Crippen LogP contribution in [0.2, 0.25) is 10.0 Å². The summed E-state index contributed by atoms with van der Waals surface area (Å²) in [6.07, 6.45) is 11.6. The van der Waals surface area contributed by atoms with E-state index in [4.69, 9.17) is 27.9 Å². The summed E-state index contributed by atoms with van der Waals surface area (Å²) in [5, 5.41) is 7.58. The molecule has 4 aromatic rings. The van der Waals surface area contributed by atoms with Crippen molar-refractivity contribution in [1.82, 2.24) is 20.0 Å². The fraction of sp³-hybridized carbons (Fsp3) is 0.405. The number of benzene rings is 3. The van der Waals surface area contributed by atoms with E-state index in [2.05, 4.69) is 17.3 Å². The highest BCUT2D eigenvalue weighted by molar-refractivity contribution is 6.41. The van der Waals surface area contributed by atoms with Gasteiger partial charge < -0.3 is 15.0 Å². The third kappa shape index (κ3) is 9.02. The lowest BCUT2D eigenvalue weighted by Crippen LogP contribution is -2.47. The van der Waals surface area contributed by atoms with Crippen LogP contribution in [0, 0.1) is 0 Å². The number of ketones is 1. The van der Waals surface area contributed by atoms with Gasteiger partial charge in [0.15, 0.2) is 17.6 Å². The Morgan fingerprint density at radius 1 is 0.774 bits per heavy atom. The van der Waals surface area contributed by atoms with Gasteiger partial charge in [0, 0.05) is 42.9 Å². The molecule has 1 aromatic heterocycles. The molecule has 1 N–H and O–H groups in total. The molecular formula is C42H46Cl2N4O5. The van der Waals surface area contributed by atoms with Crippen LogP contribution in [-0.2, 0) is 4.74 Å². The Morgan fingerprint density at radius 2 is 1.34 bits per heavy atom. The molecule has 2 aliphatic rings. The molecule has 3 aromatic carbocycles. The van der Waals surface area contributed by atoms with Crippen molar-refractivity contribution in [3.63, 3.8) is 0 Å². The van der Waals surface area contributed by atoms with Gasteiger partial charge >= 0.3 is 6.09 Å². The van der Waals surface area contributed by atoms with Crippen molar-refractivity contribution in [2.24, 2.45) is 0 Å². The Morgan fingerprint density at radius 3 is 1.94 bits per heavy atom. The number of amides is 2. The minimum Gasteiger partial charge on any atom is -0.436 e. The van der Waals surface area contributed by atoms with Crippen LogP contribution < -0.4 is 5.32 Å². The van der Waals surface area contributed by atoms with Gasteiger partial charge in [-0.15, -0.1) is 0 Å². The molecule has 0 bridgehead atoms. The monoisotopic (exact) mass is 756 g/mol. The van der Waals surface area contributed by atoms with Gasteiger partial charge in [-0.05, 0) is 42.5 Å². The normalized spacial score (nSPS) is 14.1. The summed E-state index contributed by atoms with van der Waals surface area (Å²) in [5.74, 6) is -1.49. The molecule has 11 heteroatoms. The maximum atomic E-state index is 13.8. The number of fused-ring (bicyclic) bond motifs is 3. The summed E-state index contributed by atoms with van der Waals surface area (Å²) in [4.78, 5) is 55.8. The van der Waals surface area contributed by atoms with E-state index in [0.717, 1.165) is 46.2 Å². The fourth-order valence-corrected chi connectivity index (χ4v) is 7.83. The number of hydrogen-bond donors (Lipinski definition) is 1. The van der Waals surface area contributed by atoms with Crippen molar-refractivity contribution in [1.29, 1.82) is 0 Å². The van der Waals surface area contributed by atoms with E-state index in [-0.39, 0.29) is 45.2 Å². The van der Waals surface area contributed by atoms with Gasteiger partial charge in [-0.2, -0.15) is 5.10 Å². The number of aromatic nitrogens is 2. The molecule has 0 atom stereocenters. The summed E-state index contributed by atoms with van der Waals surface area (Å²) in [5.41, 5.74) is 3.84. The Hall–Kier alpha value is -4.47. The Labute approximate surface area is 321 Å². The van der Waals surface area contributed by atoms with E-state index in [1.54, 1.807) is 23.1 Å². The van der Waals surface area contributed by atoms with E-state index in [1.165, 1.54) is 38.3 Å². The predicted octanol–water partition coefficient (Wildman–Crippen LogP) is 10.1. The van der Waals surface area contributed by atoms with Crippen molar-refractivity contribution in [3.05, 3.63) is 111 Å². The van der Waals surface area contributed by atoms with Gasteiger partial charge in [0.1, 0.15) is 0 Å². The van der Waals surface area contributed by atoms with E-state index >= 15 is 0 Å². The van der Waals surface area contributed by atoms with Crippen molar-refractivity contribution >= 4 is 46.9 Å². The lowest BCUT2D eigenvalue weighted by atomic mass is 10.0. The van der Waals surface area contributed by atoms with E-state index in [0.29, 0.717) is 32.4 Å². The molecule has 1 aliphatic heterocycles. The highest BCUT2D eigenvalue weighted by atomic mass is 35.5. The maximum absolute atomic E-state index is 13.8. The Bertz CT molecular complexity index is 1890. The van der Waals surface area contributed by atoms with Crippen LogP contribution >= 0.6 is 23.2 Å². The number of ether oxygens (including phenoxy) is 1. The predicted molar refractivity (Wildman–Crippen MR) is 207 cm³/mol. The highest BCUT2D eigenvalue weighted by Crippen LogP contribution is 2.45. The van der Waals surface area contributed by atoms with Gasteiger partial charge in [-0.1, -0.05) is 136 Å². The van der Waals surface area contributed by atoms with E-state index in [1.807, 2.05) is 48.5 Å². The molecule has 1 fully saturated rings. The van der Waals surface area contributed by atoms with Crippen molar-refractivity contribution in [3.8, 4) is 11.1 Å². The van der Waals surface area contributed by atoms with E-state index < -0.39 is 23.9 Å². The summed E-state index contributed by atoms with van der Waals surface area (Å²) < 4.78 is 7.17. The average molecular weight is 758 g/mol. The summed E-state index contributed by atoms with van der Waals surface area (Å²) in [7, 11) is 0. The van der Waals surface area contributed by atoms with Crippen LogP contribution in [0.3, 0.4) is 0 Å². The maximum Gasteiger partial charge on any atom is 0.410 e. The minimum absolute atomic E-state index is 0.0372. The average Bonchev–Trinajstić information content (AvgIpc) is 3.75. The highest BCUT2D eigenvalue weighted by Gasteiger charge is 2.34.